The van der Waals surface area contributed by atoms with Crippen molar-refractivity contribution in [2.75, 3.05) is 6.54 Å². The Morgan fingerprint density at radius 2 is 2.21 bits per heavy atom. The van der Waals surface area contributed by atoms with E-state index in [1.807, 2.05) is 25.3 Å². The molecule has 1 aliphatic rings. The van der Waals surface area contributed by atoms with Crippen molar-refractivity contribution >= 4 is 5.97 Å². The Labute approximate surface area is 114 Å². The lowest BCUT2D eigenvalue weighted by atomic mass is 9.79. The van der Waals surface area contributed by atoms with Crippen LogP contribution in [0, 0.1) is 18.8 Å². The van der Waals surface area contributed by atoms with Crippen molar-refractivity contribution in [2.45, 2.75) is 39.2 Å². The summed E-state index contributed by atoms with van der Waals surface area (Å²) in [6.07, 6.45) is 5.90. The van der Waals surface area contributed by atoms with Gasteiger partial charge in [0.2, 0.25) is 0 Å². The average molecular weight is 262 g/mol. The molecule has 1 fully saturated rings. The Morgan fingerprint density at radius 1 is 1.42 bits per heavy atom. The fraction of sp³-hybridized carbons (Fsp3) is 0.600. The maximum atomic E-state index is 11.2. The van der Waals surface area contributed by atoms with Gasteiger partial charge in [-0.25, -0.2) is 0 Å². The van der Waals surface area contributed by atoms with Gasteiger partial charge in [-0.1, -0.05) is 18.9 Å². The second kappa shape index (κ2) is 6.66. The molecule has 0 amide bonds. The van der Waals surface area contributed by atoms with Crippen molar-refractivity contribution in [1.82, 2.24) is 10.3 Å². The molecule has 2 atom stereocenters. The molecule has 1 aromatic heterocycles. The number of aromatic nitrogens is 1. The molecule has 2 unspecified atom stereocenters. The number of aliphatic carboxylic acids is 1. The lowest BCUT2D eigenvalue weighted by Crippen LogP contribution is -2.34. The van der Waals surface area contributed by atoms with E-state index in [0.717, 1.165) is 43.5 Å². The Bertz CT molecular complexity index is 417. The number of hydrogen-bond donors (Lipinski definition) is 2. The SMILES string of the molecule is Cc1ccc(CNCC2CCCCC2C(=O)O)nc1. The molecule has 4 nitrogen and oxygen atoms in total. The first kappa shape index (κ1) is 14.0. The predicted molar refractivity (Wildman–Crippen MR) is 73.8 cm³/mol. The number of aryl methyl sites for hydroxylation is 1. The third kappa shape index (κ3) is 4.03. The quantitative estimate of drug-likeness (QED) is 0.855. The number of rotatable bonds is 5. The summed E-state index contributed by atoms with van der Waals surface area (Å²) < 4.78 is 0. The Kier molecular flexibility index (Phi) is 4.91. The molecule has 19 heavy (non-hydrogen) atoms. The zero-order valence-corrected chi connectivity index (χ0v) is 11.4. The molecule has 0 aliphatic heterocycles. The van der Waals surface area contributed by atoms with Gasteiger partial charge in [0, 0.05) is 12.7 Å². The van der Waals surface area contributed by atoms with Crippen LogP contribution < -0.4 is 5.32 Å². The zero-order chi connectivity index (χ0) is 13.7. The first-order valence-electron chi connectivity index (χ1n) is 7.02. The molecule has 1 aliphatic carbocycles. The maximum Gasteiger partial charge on any atom is 0.306 e. The van der Waals surface area contributed by atoms with Crippen LogP contribution in [0.2, 0.25) is 0 Å². The number of nitrogens with zero attached hydrogens (tertiary/aromatic N) is 1. The molecule has 104 valence electrons. The second-order valence-electron chi connectivity index (χ2n) is 5.45. The number of carboxylic acid groups (broad SMARTS) is 1. The van der Waals surface area contributed by atoms with E-state index in [0.29, 0.717) is 6.54 Å². The monoisotopic (exact) mass is 262 g/mol. The van der Waals surface area contributed by atoms with Crippen LogP contribution in [0.5, 0.6) is 0 Å². The standard InChI is InChI=1S/C15H22N2O2/c1-11-6-7-13(17-8-11)10-16-9-12-4-2-3-5-14(12)15(18)19/h6-8,12,14,16H,2-5,9-10H2,1H3,(H,18,19). The second-order valence-corrected chi connectivity index (χ2v) is 5.45. The topological polar surface area (TPSA) is 62.2 Å². The number of carboxylic acids is 1. The molecule has 2 rings (SSSR count). The normalized spacial score (nSPS) is 23.2. The molecule has 0 saturated heterocycles. The van der Waals surface area contributed by atoms with Gasteiger partial charge in [-0.05, 0) is 43.9 Å². The van der Waals surface area contributed by atoms with E-state index in [1.54, 1.807) is 0 Å². The van der Waals surface area contributed by atoms with Gasteiger partial charge in [-0.3, -0.25) is 9.78 Å². The summed E-state index contributed by atoms with van der Waals surface area (Å²) in [5.41, 5.74) is 2.16. The predicted octanol–water partition coefficient (Wildman–Crippen LogP) is 2.37. The minimum atomic E-state index is -0.639. The van der Waals surface area contributed by atoms with Crippen LogP contribution in [0.1, 0.15) is 36.9 Å². The molecule has 1 aromatic rings. The van der Waals surface area contributed by atoms with Crippen molar-refractivity contribution < 1.29 is 9.90 Å². The Balaban J connectivity index is 1.80. The lowest BCUT2D eigenvalue weighted by Gasteiger charge is -2.28. The van der Waals surface area contributed by atoms with E-state index in [9.17, 15) is 9.90 Å². The van der Waals surface area contributed by atoms with E-state index in [1.165, 1.54) is 0 Å². The van der Waals surface area contributed by atoms with Crippen LogP contribution in [0.4, 0.5) is 0 Å². The molecule has 1 saturated carbocycles. The largest absolute Gasteiger partial charge is 0.481 e. The van der Waals surface area contributed by atoms with E-state index in [4.69, 9.17) is 0 Å². The van der Waals surface area contributed by atoms with Crippen molar-refractivity contribution in [2.24, 2.45) is 11.8 Å². The molecule has 0 radical (unpaired) electrons. The zero-order valence-electron chi connectivity index (χ0n) is 11.4. The Hall–Kier alpha value is -1.42. The van der Waals surface area contributed by atoms with Crippen LogP contribution in [-0.2, 0) is 11.3 Å². The molecular weight excluding hydrogens is 240 g/mol. The van der Waals surface area contributed by atoms with E-state index in [-0.39, 0.29) is 11.8 Å². The Morgan fingerprint density at radius 3 is 2.89 bits per heavy atom. The fourth-order valence-electron chi connectivity index (χ4n) is 2.77. The summed E-state index contributed by atoms with van der Waals surface area (Å²) in [6, 6.07) is 4.06. The van der Waals surface area contributed by atoms with Crippen LogP contribution in [0.25, 0.3) is 0 Å². The van der Waals surface area contributed by atoms with E-state index < -0.39 is 5.97 Å². The van der Waals surface area contributed by atoms with E-state index >= 15 is 0 Å². The summed E-state index contributed by atoms with van der Waals surface area (Å²) in [4.78, 5) is 15.5. The van der Waals surface area contributed by atoms with Gasteiger partial charge in [0.15, 0.2) is 0 Å². The minimum Gasteiger partial charge on any atom is -0.481 e. The summed E-state index contributed by atoms with van der Waals surface area (Å²) in [7, 11) is 0. The number of nitrogens with one attached hydrogen (secondary N) is 1. The molecular formula is C15H22N2O2. The molecule has 1 heterocycles. The van der Waals surface area contributed by atoms with E-state index in [2.05, 4.69) is 10.3 Å². The van der Waals surface area contributed by atoms with Gasteiger partial charge in [-0.15, -0.1) is 0 Å². The maximum absolute atomic E-state index is 11.2. The highest BCUT2D eigenvalue weighted by Crippen LogP contribution is 2.29. The van der Waals surface area contributed by atoms with Crippen LogP contribution >= 0.6 is 0 Å². The first-order chi connectivity index (χ1) is 9.16. The third-order valence-corrected chi connectivity index (χ3v) is 3.91. The molecule has 2 N–H and O–H groups in total. The van der Waals surface area contributed by atoms with Crippen LogP contribution in [-0.4, -0.2) is 22.6 Å². The highest BCUT2D eigenvalue weighted by atomic mass is 16.4. The summed E-state index contributed by atoms with van der Waals surface area (Å²) in [5, 5.41) is 12.6. The summed E-state index contributed by atoms with van der Waals surface area (Å²) in [5.74, 6) is -0.552. The average Bonchev–Trinajstić information content (AvgIpc) is 2.41. The van der Waals surface area contributed by atoms with Gasteiger partial charge < -0.3 is 10.4 Å². The highest BCUT2D eigenvalue weighted by Gasteiger charge is 2.30. The van der Waals surface area contributed by atoms with Gasteiger partial charge in [0.25, 0.3) is 0 Å². The van der Waals surface area contributed by atoms with Crippen molar-refractivity contribution in [1.29, 1.82) is 0 Å². The van der Waals surface area contributed by atoms with Crippen LogP contribution in [0.15, 0.2) is 18.3 Å². The van der Waals surface area contributed by atoms with Crippen molar-refractivity contribution in [3.8, 4) is 0 Å². The van der Waals surface area contributed by atoms with Gasteiger partial charge in [0.1, 0.15) is 0 Å². The van der Waals surface area contributed by atoms with Gasteiger partial charge in [0.05, 0.1) is 11.6 Å². The lowest BCUT2D eigenvalue weighted by molar-refractivity contribution is -0.144. The fourth-order valence-corrected chi connectivity index (χ4v) is 2.77. The minimum absolute atomic E-state index is 0.174. The molecule has 0 aromatic carbocycles. The first-order valence-corrected chi connectivity index (χ1v) is 7.02. The van der Waals surface area contributed by atoms with Crippen molar-refractivity contribution in [3.05, 3.63) is 29.6 Å². The van der Waals surface area contributed by atoms with Gasteiger partial charge in [-0.2, -0.15) is 0 Å². The third-order valence-electron chi connectivity index (χ3n) is 3.91. The van der Waals surface area contributed by atoms with Crippen molar-refractivity contribution in [3.63, 3.8) is 0 Å². The summed E-state index contributed by atoms with van der Waals surface area (Å²) in [6.45, 7) is 3.50. The summed E-state index contributed by atoms with van der Waals surface area (Å²) >= 11 is 0. The molecule has 0 spiro atoms. The van der Waals surface area contributed by atoms with Gasteiger partial charge >= 0.3 is 5.97 Å². The van der Waals surface area contributed by atoms with Crippen LogP contribution in [0.3, 0.4) is 0 Å². The number of pyridine rings is 1. The number of carbonyl (C=O) groups is 1. The molecule has 4 heteroatoms. The number of hydrogen-bond acceptors (Lipinski definition) is 3. The smallest absolute Gasteiger partial charge is 0.306 e. The highest BCUT2D eigenvalue weighted by molar-refractivity contribution is 5.70. The molecule has 0 bridgehead atoms.